The van der Waals surface area contributed by atoms with Crippen LogP contribution in [-0.2, 0) is 11.3 Å². The molecule has 0 saturated carbocycles. The molecule has 0 bridgehead atoms. The van der Waals surface area contributed by atoms with Crippen LogP contribution in [0.1, 0.15) is 17.7 Å². The number of para-hydroxylation sites is 1. The van der Waals surface area contributed by atoms with E-state index in [0.29, 0.717) is 23.2 Å². The number of aromatic nitrogens is 1. The monoisotopic (exact) mass is 238 g/mol. The zero-order valence-corrected chi connectivity index (χ0v) is 9.28. The highest BCUT2D eigenvalue weighted by Gasteiger charge is 2.13. The Morgan fingerprint density at radius 2 is 2.18 bits per heavy atom. The summed E-state index contributed by atoms with van der Waals surface area (Å²) in [5, 5.41) is 0.670. The van der Waals surface area contributed by atoms with Gasteiger partial charge in [0.15, 0.2) is 0 Å². The number of benzene rings is 1. The van der Waals surface area contributed by atoms with Gasteiger partial charge in [0.1, 0.15) is 5.69 Å². The summed E-state index contributed by atoms with van der Waals surface area (Å²) >= 11 is 0. The van der Waals surface area contributed by atoms with E-state index in [1.807, 2.05) is 0 Å². The van der Waals surface area contributed by atoms with E-state index in [4.69, 9.17) is 10.5 Å². The summed E-state index contributed by atoms with van der Waals surface area (Å²) < 4.78 is 30.3. The number of pyridine rings is 1. The first-order valence-electron chi connectivity index (χ1n) is 5.08. The molecular weight excluding hydrogens is 226 g/mol. The maximum Gasteiger partial charge on any atom is 0.280 e. The van der Waals surface area contributed by atoms with Crippen molar-refractivity contribution in [3.63, 3.8) is 0 Å². The molecule has 0 fully saturated rings. The highest BCUT2D eigenvalue weighted by atomic mass is 19.3. The van der Waals surface area contributed by atoms with Gasteiger partial charge in [0.25, 0.3) is 6.43 Å². The summed E-state index contributed by atoms with van der Waals surface area (Å²) in [6.45, 7) is 0.316. The lowest BCUT2D eigenvalue weighted by Crippen LogP contribution is -1.99. The quantitative estimate of drug-likeness (QED) is 0.894. The lowest BCUT2D eigenvalue weighted by molar-refractivity contribution is 0.146. The average molecular weight is 238 g/mol. The molecule has 1 aromatic heterocycles. The van der Waals surface area contributed by atoms with E-state index < -0.39 is 6.43 Å². The van der Waals surface area contributed by atoms with E-state index in [0.717, 1.165) is 5.56 Å². The number of methoxy groups -OCH3 is 1. The summed E-state index contributed by atoms with van der Waals surface area (Å²) in [6.07, 6.45) is -2.63. The van der Waals surface area contributed by atoms with Gasteiger partial charge in [0.2, 0.25) is 0 Å². The van der Waals surface area contributed by atoms with Gasteiger partial charge in [-0.05, 0) is 6.07 Å². The van der Waals surface area contributed by atoms with E-state index in [9.17, 15) is 8.78 Å². The molecule has 0 aliphatic heterocycles. The summed E-state index contributed by atoms with van der Waals surface area (Å²) in [6, 6.07) is 6.56. The molecule has 0 spiro atoms. The Morgan fingerprint density at radius 1 is 1.41 bits per heavy atom. The summed E-state index contributed by atoms with van der Waals surface area (Å²) in [7, 11) is 1.54. The second-order valence-corrected chi connectivity index (χ2v) is 3.68. The van der Waals surface area contributed by atoms with Gasteiger partial charge in [-0.2, -0.15) is 0 Å². The van der Waals surface area contributed by atoms with Gasteiger partial charge in [-0.1, -0.05) is 18.2 Å². The summed E-state index contributed by atoms with van der Waals surface area (Å²) in [4.78, 5) is 3.94. The van der Waals surface area contributed by atoms with Crippen molar-refractivity contribution in [2.75, 3.05) is 12.8 Å². The lowest BCUT2D eigenvalue weighted by Gasteiger charge is -2.09. The number of halogens is 2. The van der Waals surface area contributed by atoms with Crippen LogP contribution in [-0.4, -0.2) is 12.1 Å². The molecule has 90 valence electrons. The van der Waals surface area contributed by atoms with E-state index in [2.05, 4.69) is 4.98 Å². The molecule has 17 heavy (non-hydrogen) atoms. The Kier molecular flexibility index (Phi) is 3.19. The molecule has 3 nitrogen and oxygen atoms in total. The van der Waals surface area contributed by atoms with Crippen molar-refractivity contribution in [1.29, 1.82) is 0 Å². The third kappa shape index (κ3) is 2.19. The van der Waals surface area contributed by atoms with Crippen LogP contribution in [0.3, 0.4) is 0 Å². The van der Waals surface area contributed by atoms with Crippen LogP contribution in [0.4, 0.5) is 14.5 Å². The largest absolute Gasteiger partial charge is 0.398 e. The first-order chi connectivity index (χ1) is 8.13. The van der Waals surface area contributed by atoms with Gasteiger partial charge in [-0.25, -0.2) is 13.8 Å². The van der Waals surface area contributed by atoms with Crippen LogP contribution in [0.15, 0.2) is 24.3 Å². The first kappa shape index (κ1) is 11.7. The molecule has 0 saturated heterocycles. The van der Waals surface area contributed by atoms with Crippen molar-refractivity contribution in [2.24, 2.45) is 0 Å². The Morgan fingerprint density at radius 3 is 2.82 bits per heavy atom. The minimum Gasteiger partial charge on any atom is -0.398 e. The number of nitrogens with zero attached hydrogens (tertiary/aromatic N) is 1. The normalized spacial score (nSPS) is 11.3. The lowest BCUT2D eigenvalue weighted by atomic mass is 10.1. The highest BCUT2D eigenvalue weighted by Crippen LogP contribution is 2.27. The molecule has 0 amide bonds. The second-order valence-electron chi connectivity index (χ2n) is 3.68. The van der Waals surface area contributed by atoms with Crippen molar-refractivity contribution in [2.45, 2.75) is 13.0 Å². The molecule has 2 N–H and O–H groups in total. The fourth-order valence-corrected chi connectivity index (χ4v) is 1.74. The number of fused-ring (bicyclic) bond motifs is 1. The second kappa shape index (κ2) is 4.63. The Labute approximate surface area is 97.2 Å². The minimum absolute atomic E-state index is 0.307. The molecule has 0 unspecified atom stereocenters. The van der Waals surface area contributed by atoms with E-state index in [1.165, 1.54) is 6.07 Å². The molecule has 0 aliphatic rings. The zero-order chi connectivity index (χ0) is 12.4. The third-order valence-electron chi connectivity index (χ3n) is 2.50. The number of rotatable bonds is 3. The molecule has 0 aliphatic carbocycles. The third-order valence-corrected chi connectivity index (χ3v) is 2.50. The SMILES string of the molecule is COCc1cccc2c(N)cc(C(F)F)nc12. The average Bonchev–Trinajstić information content (AvgIpc) is 2.30. The van der Waals surface area contributed by atoms with Crippen LogP contribution in [0.5, 0.6) is 0 Å². The number of alkyl halides is 2. The Balaban J connectivity index is 2.69. The number of hydrogen-bond acceptors (Lipinski definition) is 3. The topological polar surface area (TPSA) is 48.1 Å². The molecule has 2 aromatic rings. The van der Waals surface area contributed by atoms with Crippen LogP contribution >= 0.6 is 0 Å². The van der Waals surface area contributed by atoms with E-state index in [-0.39, 0.29) is 5.69 Å². The van der Waals surface area contributed by atoms with Gasteiger partial charge >= 0.3 is 0 Å². The van der Waals surface area contributed by atoms with Gasteiger partial charge in [-0.3, -0.25) is 0 Å². The standard InChI is InChI=1S/C12H12F2N2O/c1-17-6-7-3-2-4-8-9(15)5-10(12(13)14)16-11(7)8/h2-5,12H,6H2,1H3,(H2,15,16). The van der Waals surface area contributed by atoms with E-state index >= 15 is 0 Å². The first-order valence-corrected chi connectivity index (χ1v) is 5.08. The summed E-state index contributed by atoms with van der Waals surface area (Å²) in [5.74, 6) is 0. The van der Waals surface area contributed by atoms with Crippen molar-refractivity contribution < 1.29 is 13.5 Å². The molecule has 0 radical (unpaired) electrons. The molecule has 5 heteroatoms. The summed E-state index contributed by atoms with van der Waals surface area (Å²) in [5.41, 5.74) is 6.97. The number of ether oxygens (including phenoxy) is 1. The van der Waals surface area contributed by atoms with Crippen LogP contribution < -0.4 is 5.73 Å². The molecule has 2 rings (SSSR count). The zero-order valence-electron chi connectivity index (χ0n) is 9.28. The van der Waals surface area contributed by atoms with Gasteiger partial charge in [0, 0.05) is 23.7 Å². The van der Waals surface area contributed by atoms with E-state index in [1.54, 1.807) is 25.3 Å². The Hall–Kier alpha value is -1.75. The molecular formula is C12H12F2N2O. The predicted molar refractivity (Wildman–Crippen MR) is 61.8 cm³/mol. The minimum atomic E-state index is -2.63. The molecule has 0 atom stereocenters. The maximum atomic E-state index is 12.6. The molecule has 1 aromatic carbocycles. The van der Waals surface area contributed by atoms with Gasteiger partial charge in [0.05, 0.1) is 12.1 Å². The maximum absolute atomic E-state index is 12.6. The fourth-order valence-electron chi connectivity index (χ4n) is 1.74. The van der Waals surface area contributed by atoms with Crippen molar-refractivity contribution in [1.82, 2.24) is 4.98 Å². The van der Waals surface area contributed by atoms with Gasteiger partial charge in [-0.15, -0.1) is 0 Å². The predicted octanol–water partition coefficient (Wildman–Crippen LogP) is 2.90. The van der Waals surface area contributed by atoms with Crippen molar-refractivity contribution >= 4 is 16.6 Å². The van der Waals surface area contributed by atoms with Gasteiger partial charge < -0.3 is 10.5 Å². The van der Waals surface area contributed by atoms with Crippen molar-refractivity contribution in [3.05, 3.63) is 35.5 Å². The highest BCUT2D eigenvalue weighted by molar-refractivity contribution is 5.92. The number of hydrogen-bond donors (Lipinski definition) is 1. The smallest absolute Gasteiger partial charge is 0.280 e. The van der Waals surface area contributed by atoms with Crippen LogP contribution in [0, 0.1) is 0 Å². The Bertz CT molecular complexity index is 543. The number of anilines is 1. The molecule has 1 heterocycles. The van der Waals surface area contributed by atoms with Crippen LogP contribution in [0.25, 0.3) is 10.9 Å². The number of nitrogen functional groups attached to an aromatic ring is 1. The van der Waals surface area contributed by atoms with Crippen LogP contribution in [0.2, 0.25) is 0 Å². The fraction of sp³-hybridized carbons (Fsp3) is 0.250. The number of nitrogens with two attached hydrogens (primary N) is 1. The van der Waals surface area contributed by atoms with Crippen molar-refractivity contribution in [3.8, 4) is 0 Å².